The number of H-pyrrole nitrogens is 1. The number of fused-ring (bicyclic) bond motifs is 1. The van der Waals surface area contributed by atoms with E-state index >= 15 is 0 Å². The normalized spacial score (nSPS) is 14.2. The third-order valence-corrected chi connectivity index (χ3v) is 4.77. The maximum Gasteiger partial charge on any atom is 0.325 e. The maximum absolute atomic E-state index is 12.7. The molecule has 0 bridgehead atoms. The Kier molecular flexibility index (Phi) is 8.17. The number of hydrogen-bond donors (Lipinski definition) is 6. The molecule has 0 fully saturated rings. The van der Waals surface area contributed by atoms with Crippen LogP contribution in [0.5, 0.6) is 0 Å². The third-order valence-electron chi connectivity index (χ3n) is 4.77. The van der Waals surface area contributed by atoms with Gasteiger partial charge in [0.1, 0.15) is 12.1 Å². The summed E-state index contributed by atoms with van der Waals surface area (Å²) in [6.45, 7) is 1.89. The van der Waals surface area contributed by atoms with Gasteiger partial charge in [-0.15, -0.1) is 0 Å². The first kappa shape index (κ1) is 22.4. The number of nitrogens with two attached hydrogens (primary N) is 2. The molecule has 0 aliphatic carbocycles. The van der Waals surface area contributed by atoms with E-state index in [9.17, 15) is 14.4 Å². The molecule has 8 N–H and O–H groups in total. The zero-order valence-corrected chi connectivity index (χ0v) is 16.5. The Balaban J connectivity index is 2.15. The molecule has 2 amide bonds. The van der Waals surface area contributed by atoms with Crippen LogP contribution in [-0.2, 0) is 20.8 Å². The number of nitrogens with one attached hydrogen (secondary N) is 3. The van der Waals surface area contributed by atoms with Crippen molar-refractivity contribution in [1.82, 2.24) is 15.6 Å². The van der Waals surface area contributed by atoms with E-state index in [0.717, 1.165) is 22.9 Å². The molecule has 0 saturated heterocycles. The van der Waals surface area contributed by atoms with E-state index in [0.29, 0.717) is 19.4 Å². The molecule has 2 rings (SSSR count). The standard InChI is InChI=1S/C20H29N5O4/c1-12(20(28)29)24-19(27)17(25-18(26)15(22)7-4-5-9-21)10-13-11-23-16-8-3-2-6-14(13)16/h2-3,6,8,11-12,15,17,23H,4-5,7,9-10,21-22H2,1H3,(H,24,27)(H,25,26)(H,28,29)/t12-,15-,17-/m0/s1. The van der Waals surface area contributed by atoms with Gasteiger partial charge < -0.3 is 32.2 Å². The highest BCUT2D eigenvalue weighted by atomic mass is 16.4. The van der Waals surface area contributed by atoms with Crippen LogP contribution in [0.1, 0.15) is 31.7 Å². The van der Waals surface area contributed by atoms with Gasteiger partial charge in [-0.2, -0.15) is 0 Å². The summed E-state index contributed by atoms with van der Waals surface area (Å²) in [6.07, 6.45) is 3.90. The maximum atomic E-state index is 12.7. The summed E-state index contributed by atoms with van der Waals surface area (Å²) in [4.78, 5) is 39.4. The van der Waals surface area contributed by atoms with Crippen LogP contribution in [0.4, 0.5) is 0 Å². The van der Waals surface area contributed by atoms with Crippen molar-refractivity contribution in [2.45, 2.75) is 50.7 Å². The van der Waals surface area contributed by atoms with E-state index in [1.165, 1.54) is 6.92 Å². The molecule has 0 unspecified atom stereocenters. The molecule has 0 saturated carbocycles. The largest absolute Gasteiger partial charge is 0.480 e. The van der Waals surface area contributed by atoms with Crippen LogP contribution >= 0.6 is 0 Å². The fourth-order valence-corrected chi connectivity index (χ4v) is 3.02. The van der Waals surface area contributed by atoms with Gasteiger partial charge in [-0.25, -0.2) is 0 Å². The fourth-order valence-electron chi connectivity index (χ4n) is 3.02. The van der Waals surface area contributed by atoms with Crippen LogP contribution in [0, 0.1) is 0 Å². The zero-order chi connectivity index (χ0) is 21.4. The van der Waals surface area contributed by atoms with Crippen molar-refractivity contribution in [3.63, 3.8) is 0 Å². The molecule has 9 heteroatoms. The number of rotatable bonds is 11. The first-order valence-electron chi connectivity index (χ1n) is 9.67. The van der Waals surface area contributed by atoms with Crippen LogP contribution < -0.4 is 22.1 Å². The van der Waals surface area contributed by atoms with Crippen LogP contribution in [0.3, 0.4) is 0 Å². The summed E-state index contributed by atoms with van der Waals surface area (Å²) in [5, 5.41) is 15.1. The average Bonchev–Trinajstić information content (AvgIpc) is 3.10. The van der Waals surface area contributed by atoms with E-state index < -0.39 is 35.9 Å². The van der Waals surface area contributed by atoms with Crippen molar-refractivity contribution < 1.29 is 19.5 Å². The molecular weight excluding hydrogens is 374 g/mol. The molecule has 9 nitrogen and oxygen atoms in total. The lowest BCUT2D eigenvalue weighted by Gasteiger charge is -2.22. The van der Waals surface area contributed by atoms with Crippen molar-refractivity contribution in [3.05, 3.63) is 36.0 Å². The van der Waals surface area contributed by atoms with E-state index in [1.807, 2.05) is 24.3 Å². The number of unbranched alkanes of at least 4 members (excludes halogenated alkanes) is 1. The lowest BCUT2D eigenvalue weighted by Crippen LogP contribution is -2.54. The first-order chi connectivity index (χ1) is 13.8. The quantitative estimate of drug-likeness (QED) is 0.294. The highest BCUT2D eigenvalue weighted by Crippen LogP contribution is 2.19. The smallest absolute Gasteiger partial charge is 0.325 e. The molecule has 0 aliphatic rings. The number of aromatic amines is 1. The lowest BCUT2D eigenvalue weighted by molar-refractivity contribution is -0.141. The van der Waals surface area contributed by atoms with Gasteiger partial charge in [-0.05, 0) is 37.9 Å². The second-order valence-corrected chi connectivity index (χ2v) is 7.08. The monoisotopic (exact) mass is 403 g/mol. The molecule has 1 aromatic carbocycles. The van der Waals surface area contributed by atoms with Gasteiger partial charge >= 0.3 is 5.97 Å². The molecule has 1 heterocycles. The molecular formula is C20H29N5O4. The Labute approximate surface area is 169 Å². The third kappa shape index (κ3) is 6.30. The van der Waals surface area contributed by atoms with E-state index in [-0.39, 0.29) is 6.42 Å². The Bertz CT molecular complexity index is 850. The highest BCUT2D eigenvalue weighted by Gasteiger charge is 2.27. The summed E-state index contributed by atoms with van der Waals surface area (Å²) in [6, 6.07) is 4.79. The number of aromatic nitrogens is 1. The van der Waals surface area contributed by atoms with Crippen molar-refractivity contribution in [2.24, 2.45) is 11.5 Å². The predicted octanol–water partition coefficient (Wildman–Crippen LogP) is 0.241. The summed E-state index contributed by atoms with van der Waals surface area (Å²) < 4.78 is 0. The number of aliphatic carboxylic acids is 1. The number of hydrogen-bond acceptors (Lipinski definition) is 5. The predicted molar refractivity (Wildman–Crippen MR) is 110 cm³/mol. The number of para-hydroxylation sites is 1. The van der Waals surface area contributed by atoms with Gasteiger partial charge in [-0.1, -0.05) is 24.6 Å². The Morgan fingerprint density at radius 1 is 1.14 bits per heavy atom. The zero-order valence-electron chi connectivity index (χ0n) is 16.5. The summed E-state index contributed by atoms with van der Waals surface area (Å²) in [7, 11) is 0. The molecule has 1 aromatic heterocycles. The minimum absolute atomic E-state index is 0.198. The van der Waals surface area contributed by atoms with Crippen LogP contribution in [0.25, 0.3) is 10.9 Å². The number of carboxylic acid groups (broad SMARTS) is 1. The Morgan fingerprint density at radius 3 is 2.55 bits per heavy atom. The second-order valence-electron chi connectivity index (χ2n) is 7.08. The van der Waals surface area contributed by atoms with Gasteiger partial charge in [-0.3, -0.25) is 14.4 Å². The Hall–Kier alpha value is -2.91. The van der Waals surface area contributed by atoms with E-state index in [1.54, 1.807) is 6.20 Å². The SMILES string of the molecule is C[C@H](NC(=O)[C@H](Cc1c[nH]c2ccccc12)NC(=O)[C@@H](N)CCCCN)C(=O)O. The van der Waals surface area contributed by atoms with Crippen molar-refractivity contribution >= 4 is 28.7 Å². The van der Waals surface area contributed by atoms with Gasteiger partial charge in [0.2, 0.25) is 11.8 Å². The van der Waals surface area contributed by atoms with Crippen molar-refractivity contribution in [1.29, 1.82) is 0 Å². The first-order valence-corrected chi connectivity index (χ1v) is 9.67. The van der Waals surface area contributed by atoms with Crippen molar-refractivity contribution in [3.8, 4) is 0 Å². The Morgan fingerprint density at radius 2 is 1.86 bits per heavy atom. The van der Waals surface area contributed by atoms with Gasteiger partial charge in [0.15, 0.2) is 0 Å². The summed E-state index contributed by atoms with van der Waals surface area (Å²) in [5.74, 6) is -2.19. The van der Waals surface area contributed by atoms with Crippen LogP contribution in [0.2, 0.25) is 0 Å². The van der Waals surface area contributed by atoms with Gasteiger partial charge in [0, 0.05) is 23.5 Å². The number of amides is 2. The minimum atomic E-state index is -1.16. The van der Waals surface area contributed by atoms with Gasteiger partial charge in [0.25, 0.3) is 0 Å². The van der Waals surface area contributed by atoms with E-state index in [2.05, 4.69) is 15.6 Å². The molecule has 3 atom stereocenters. The summed E-state index contributed by atoms with van der Waals surface area (Å²) >= 11 is 0. The van der Waals surface area contributed by atoms with Crippen LogP contribution in [0.15, 0.2) is 30.5 Å². The van der Waals surface area contributed by atoms with Gasteiger partial charge in [0.05, 0.1) is 6.04 Å². The summed E-state index contributed by atoms with van der Waals surface area (Å²) in [5.41, 5.74) is 13.1. The molecule has 0 aliphatic heterocycles. The fraction of sp³-hybridized carbons (Fsp3) is 0.450. The molecule has 0 spiro atoms. The molecule has 29 heavy (non-hydrogen) atoms. The molecule has 158 valence electrons. The number of carbonyl (C=O) groups excluding carboxylic acids is 2. The topological polar surface area (TPSA) is 163 Å². The minimum Gasteiger partial charge on any atom is -0.480 e. The van der Waals surface area contributed by atoms with E-state index in [4.69, 9.17) is 16.6 Å². The number of benzene rings is 1. The lowest BCUT2D eigenvalue weighted by atomic mass is 10.0. The van der Waals surface area contributed by atoms with Crippen LogP contribution in [-0.4, -0.2) is 52.5 Å². The number of carbonyl (C=O) groups is 3. The second kappa shape index (κ2) is 10.6. The molecule has 0 radical (unpaired) electrons. The molecule has 2 aromatic rings. The highest BCUT2D eigenvalue weighted by molar-refractivity contribution is 5.92. The van der Waals surface area contributed by atoms with Crippen molar-refractivity contribution in [2.75, 3.05) is 6.54 Å². The number of carboxylic acids is 1. The average molecular weight is 403 g/mol.